The summed E-state index contributed by atoms with van der Waals surface area (Å²) >= 11 is 0. The van der Waals surface area contributed by atoms with Gasteiger partial charge in [-0.2, -0.15) is 0 Å². The van der Waals surface area contributed by atoms with E-state index in [1.54, 1.807) is 29.2 Å². The molecule has 1 aromatic carbocycles. The minimum atomic E-state index is -4.00. The number of ether oxygens (including phenoxy) is 1. The van der Waals surface area contributed by atoms with Crippen molar-refractivity contribution in [1.82, 2.24) is 9.80 Å². The first-order valence-corrected chi connectivity index (χ1v) is 14.1. The molecule has 2 aromatic rings. The number of piperazine rings is 1. The van der Waals surface area contributed by atoms with E-state index in [-0.39, 0.29) is 28.1 Å². The number of carbonyl (C=O) groups is 1. The molecule has 0 N–H and O–H groups in total. The Morgan fingerprint density at radius 2 is 1.76 bits per heavy atom. The lowest BCUT2D eigenvalue weighted by atomic mass is 10.1. The predicted octanol–water partition coefficient (Wildman–Crippen LogP) is 1.30. The summed E-state index contributed by atoms with van der Waals surface area (Å²) in [5.41, 5.74) is 1.68. The molecule has 0 bridgehead atoms. The van der Waals surface area contributed by atoms with Gasteiger partial charge in [-0.3, -0.25) is 9.69 Å². The van der Waals surface area contributed by atoms with E-state index in [4.69, 9.17) is 9.15 Å². The Morgan fingerprint density at radius 1 is 1.09 bits per heavy atom. The van der Waals surface area contributed by atoms with E-state index in [0.717, 1.165) is 11.1 Å². The zero-order valence-electron chi connectivity index (χ0n) is 18.9. The third-order valence-electron chi connectivity index (χ3n) is 6.56. The van der Waals surface area contributed by atoms with Gasteiger partial charge in [-0.15, -0.1) is 0 Å². The number of hydrogen-bond acceptors (Lipinski definition) is 8. The number of sulfone groups is 2. The first-order chi connectivity index (χ1) is 15.5. The normalized spacial score (nSPS) is 23.5. The van der Waals surface area contributed by atoms with E-state index in [9.17, 15) is 21.6 Å². The van der Waals surface area contributed by atoms with Crippen molar-refractivity contribution in [2.45, 2.75) is 30.0 Å². The number of carbonyl (C=O) groups excluding carboxylic acids is 1. The summed E-state index contributed by atoms with van der Waals surface area (Å²) in [6.07, 6.45) is 1.43. The number of aryl methyl sites for hydroxylation is 2. The van der Waals surface area contributed by atoms with Crippen LogP contribution in [0, 0.1) is 13.8 Å². The second kappa shape index (κ2) is 8.77. The molecule has 2 aliphatic rings. The summed E-state index contributed by atoms with van der Waals surface area (Å²) in [5.74, 6) is -0.426. The van der Waals surface area contributed by atoms with Gasteiger partial charge < -0.3 is 14.1 Å². The van der Waals surface area contributed by atoms with Crippen LogP contribution in [0.1, 0.15) is 21.7 Å². The number of hydrogen-bond donors (Lipinski definition) is 0. The Kier molecular flexibility index (Phi) is 6.32. The van der Waals surface area contributed by atoms with Crippen molar-refractivity contribution in [2.24, 2.45) is 0 Å². The van der Waals surface area contributed by atoms with Crippen molar-refractivity contribution in [3.63, 3.8) is 0 Å². The summed E-state index contributed by atoms with van der Waals surface area (Å²) in [4.78, 5) is 16.1. The molecule has 9 nitrogen and oxygen atoms in total. The smallest absolute Gasteiger partial charge is 0.289 e. The van der Waals surface area contributed by atoms with E-state index in [0.29, 0.717) is 26.2 Å². The predicted molar refractivity (Wildman–Crippen MR) is 122 cm³/mol. The quantitative estimate of drug-likeness (QED) is 0.609. The zero-order chi connectivity index (χ0) is 24.0. The second-order valence-corrected chi connectivity index (χ2v) is 12.9. The highest BCUT2D eigenvalue weighted by molar-refractivity contribution is 7.96. The van der Waals surface area contributed by atoms with Gasteiger partial charge in [-0.25, -0.2) is 16.8 Å². The van der Waals surface area contributed by atoms with E-state index in [1.165, 1.54) is 13.4 Å². The van der Waals surface area contributed by atoms with E-state index >= 15 is 0 Å². The highest BCUT2D eigenvalue weighted by atomic mass is 32.2. The fourth-order valence-corrected chi connectivity index (χ4v) is 9.61. The van der Waals surface area contributed by atoms with Crippen LogP contribution in [0.15, 0.2) is 39.8 Å². The van der Waals surface area contributed by atoms with E-state index in [1.807, 2.05) is 18.7 Å². The molecule has 0 saturated carbocycles. The number of rotatable bonds is 5. The van der Waals surface area contributed by atoms with Crippen LogP contribution in [-0.4, -0.2) is 88.6 Å². The number of amides is 1. The summed E-state index contributed by atoms with van der Waals surface area (Å²) < 4.78 is 63.1. The maximum Gasteiger partial charge on any atom is 0.289 e. The molecule has 0 radical (unpaired) electrons. The standard InChI is InChI=1S/C22H28N2O7S2/c1-15-11-19(30-3)20(12-16(15)2)33(28,29)21-14-32(26,27)13-17(21)23-6-8-24(9-7-23)22(25)18-5-4-10-31-18/h4-5,10-12,17,21H,6-9,13-14H2,1-3H3/t17-,21-/m0/s1. The number of nitrogens with zero attached hydrogens (tertiary/aromatic N) is 2. The van der Waals surface area contributed by atoms with Gasteiger partial charge in [0.15, 0.2) is 25.4 Å². The van der Waals surface area contributed by atoms with E-state index < -0.39 is 36.7 Å². The average Bonchev–Trinajstić information content (AvgIpc) is 3.43. The molecular formula is C22H28N2O7S2. The minimum absolute atomic E-state index is 0.0202. The van der Waals surface area contributed by atoms with Crippen LogP contribution in [-0.2, 0) is 19.7 Å². The number of methoxy groups -OCH3 is 1. The maximum absolute atomic E-state index is 13.7. The molecule has 11 heteroatoms. The molecule has 0 unspecified atom stereocenters. The monoisotopic (exact) mass is 496 g/mol. The van der Waals surface area contributed by atoms with Crippen molar-refractivity contribution >= 4 is 25.6 Å². The topological polar surface area (TPSA) is 114 Å². The van der Waals surface area contributed by atoms with Gasteiger partial charge >= 0.3 is 0 Å². The van der Waals surface area contributed by atoms with Crippen LogP contribution in [0.5, 0.6) is 5.75 Å². The fourth-order valence-electron chi connectivity index (χ4n) is 4.55. The summed E-state index contributed by atoms with van der Waals surface area (Å²) in [5, 5.41) is -1.11. The fraction of sp³-hybridized carbons (Fsp3) is 0.500. The van der Waals surface area contributed by atoms with Crippen LogP contribution >= 0.6 is 0 Å². The van der Waals surface area contributed by atoms with Crippen molar-refractivity contribution in [1.29, 1.82) is 0 Å². The highest BCUT2D eigenvalue weighted by Gasteiger charge is 2.49. The van der Waals surface area contributed by atoms with Gasteiger partial charge in [0.05, 0.1) is 30.1 Å². The number of furan rings is 1. The first-order valence-electron chi connectivity index (χ1n) is 10.7. The SMILES string of the molecule is COc1cc(C)c(C)cc1S(=O)(=O)[C@H]1CS(=O)(=O)C[C@@H]1N1CCN(C(=O)c2ccco2)CC1. The molecular weight excluding hydrogens is 468 g/mol. The van der Waals surface area contributed by atoms with Gasteiger partial charge in [0, 0.05) is 32.2 Å². The lowest BCUT2D eigenvalue weighted by Crippen LogP contribution is -2.55. The Morgan fingerprint density at radius 3 is 2.36 bits per heavy atom. The number of benzene rings is 1. The van der Waals surface area contributed by atoms with Crippen LogP contribution in [0.4, 0.5) is 0 Å². The second-order valence-electron chi connectivity index (χ2n) is 8.62. The molecule has 4 rings (SSSR count). The molecule has 180 valence electrons. The van der Waals surface area contributed by atoms with Gasteiger partial charge in [-0.05, 0) is 49.2 Å². The van der Waals surface area contributed by atoms with Gasteiger partial charge in [0.25, 0.3) is 5.91 Å². The molecule has 2 aliphatic heterocycles. The van der Waals surface area contributed by atoms with Crippen LogP contribution in [0.25, 0.3) is 0 Å². The summed E-state index contributed by atoms with van der Waals surface area (Å²) in [6, 6.07) is 5.78. The van der Waals surface area contributed by atoms with Crippen molar-refractivity contribution < 1.29 is 30.8 Å². The Labute approximate surface area is 194 Å². The zero-order valence-corrected chi connectivity index (χ0v) is 20.5. The molecule has 1 amide bonds. The van der Waals surface area contributed by atoms with Gasteiger partial charge in [0.2, 0.25) is 0 Å². The van der Waals surface area contributed by atoms with E-state index in [2.05, 4.69) is 0 Å². The molecule has 33 heavy (non-hydrogen) atoms. The lowest BCUT2D eigenvalue weighted by molar-refractivity contribution is 0.0560. The molecule has 2 atom stereocenters. The molecule has 2 fully saturated rings. The summed E-state index contributed by atoms with van der Waals surface area (Å²) in [7, 11) is -6.14. The summed E-state index contributed by atoms with van der Waals surface area (Å²) in [6.45, 7) is 5.14. The Hall–Kier alpha value is -2.37. The minimum Gasteiger partial charge on any atom is -0.495 e. The lowest BCUT2D eigenvalue weighted by Gasteiger charge is -2.39. The maximum atomic E-state index is 13.7. The highest BCUT2D eigenvalue weighted by Crippen LogP contribution is 2.35. The van der Waals surface area contributed by atoms with Crippen molar-refractivity contribution in [2.75, 3.05) is 44.8 Å². The first kappa shape index (κ1) is 23.8. The van der Waals surface area contributed by atoms with Gasteiger partial charge in [-0.1, -0.05) is 0 Å². The van der Waals surface area contributed by atoms with Gasteiger partial charge in [0.1, 0.15) is 10.6 Å². The van der Waals surface area contributed by atoms with Crippen LogP contribution in [0.2, 0.25) is 0 Å². The van der Waals surface area contributed by atoms with Crippen molar-refractivity contribution in [3.8, 4) is 5.75 Å². The molecule has 0 spiro atoms. The Bertz CT molecular complexity index is 1250. The van der Waals surface area contributed by atoms with Crippen molar-refractivity contribution in [3.05, 3.63) is 47.4 Å². The van der Waals surface area contributed by atoms with Crippen LogP contribution in [0.3, 0.4) is 0 Å². The average molecular weight is 497 g/mol. The van der Waals surface area contributed by atoms with Crippen LogP contribution < -0.4 is 4.74 Å². The molecule has 3 heterocycles. The third kappa shape index (κ3) is 4.53. The molecule has 1 aromatic heterocycles. The third-order valence-corrected chi connectivity index (χ3v) is 10.7. The largest absolute Gasteiger partial charge is 0.495 e. The molecule has 2 saturated heterocycles. The molecule has 0 aliphatic carbocycles. The Balaban J connectivity index is 1.59.